The van der Waals surface area contributed by atoms with Crippen LogP contribution in [0.1, 0.15) is 32.0 Å². The van der Waals surface area contributed by atoms with Gasteiger partial charge in [-0.05, 0) is 26.9 Å². The molecule has 0 radical (unpaired) electrons. The average molecular weight is 283 g/mol. The Balaban J connectivity index is 2.84. The fourth-order valence-corrected chi connectivity index (χ4v) is 2.51. The first-order chi connectivity index (χ1) is 8.90. The molecule has 1 atom stereocenters. The van der Waals surface area contributed by atoms with Gasteiger partial charge in [0.15, 0.2) is 0 Å². The Labute approximate surface area is 121 Å². The number of hydrogen-bond donors (Lipinski definition) is 2. The maximum atomic E-state index is 5.79. The number of nitrogens with one attached hydrogen (secondary N) is 1. The number of nitrogens with two attached hydrogens (primary N) is 1. The summed E-state index contributed by atoms with van der Waals surface area (Å²) in [7, 11) is 1.90. The molecule has 1 aromatic rings. The van der Waals surface area contributed by atoms with Crippen molar-refractivity contribution < 1.29 is 0 Å². The van der Waals surface area contributed by atoms with Crippen LogP contribution in [0.15, 0.2) is 0 Å². The maximum absolute atomic E-state index is 5.79. The van der Waals surface area contributed by atoms with E-state index in [4.69, 9.17) is 18.0 Å². The normalized spacial score (nSPS) is 12.7. The van der Waals surface area contributed by atoms with E-state index in [9.17, 15) is 0 Å². The van der Waals surface area contributed by atoms with Gasteiger partial charge < -0.3 is 16.0 Å². The van der Waals surface area contributed by atoms with Gasteiger partial charge >= 0.3 is 0 Å². The number of aromatic nitrogens is 2. The number of anilines is 1. The molecule has 1 unspecified atom stereocenters. The monoisotopic (exact) mass is 283 g/mol. The molecule has 19 heavy (non-hydrogen) atoms. The van der Waals surface area contributed by atoms with Crippen LogP contribution in [0.2, 0.25) is 0 Å². The maximum Gasteiger partial charge on any atom is 0.134 e. The second kappa shape index (κ2) is 6.86. The van der Waals surface area contributed by atoms with Gasteiger partial charge in [-0.15, -0.1) is 0 Å². The summed E-state index contributed by atoms with van der Waals surface area (Å²) in [6.45, 7) is 11.5. The van der Waals surface area contributed by atoms with E-state index in [1.807, 2.05) is 18.7 Å². The Kier molecular flexibility index (Phi) is 5.75. The van der Waals surface area contributed by atoms with Crippen molar-refractivity contribution in [2.75, 3.05) is 25.0 Å². The predicted molar refractivity (Wildman–Crippen MR) is 84.7 cm³/mol. The Bertz CT molecular complexity index is 436. The molecule has 0 aliphatic carbocycles. The highest BCUT2D eigenvalue weighted by atomic mass is 32.1. The molecule has 5 nitrogen and oxygen atoms in total. The number of aryl methyl sites for hydroxylation is 2. The van der Waals surface area contributed by atoms with E-state index in [2.05, 4.69) is 36.1 Å². The third-order valence-electron chi connectivity index (χ3n) is 3.28. The SMILES string of the molecule is CCN(CC)CC(C)Nc1c(C(N)=S)c(C)nn1C. The Morgan fingerprint density at radius 3 is 2.53 bits per heavy atom. The van der Waals surface area contributed by atoms with Crippen LogP contribution in [0.4, 0.5) is 5.82 Å². The molecular weight excluding hydrogens is 258 g/mol. The lowest BCUT2D eigenvalue weighted by atomic mass is 10.2. The summed E-state index contributed by atoms with van der Waals surface area (Å²) in [6, 6.07) is 0.308. The minimum absolute atomic E-state index is 0.308. The minimum atomic E-state index is 0.308. The molecule has 0 aromatic carbocycles. The van der Waals surface area contributed by atoms with Crippen LogP contribution in [-0.4, -0.2) is 45.3 Å². The highest BCUT2D eigenvalue weighted by Gasteiger charge is 2.17. The van der Waals surface area contributed by atoms with E-state index in [1.54, 1.807) is 0 Å². The van der Waals surface area contributed by atoms with Gasteiger partial charge in [-0.3, -0.25) is 4.68 Å². The summed E-state index contributed by atoms with van der Waals surface area (Å²) < 4.78 is 1.81. The van der Waals surface area contributed by atoms with Gasteiger partial charge in [0.05, 0.1) is 11.3 Å². The van der Waals surface area contributed by atoms with Crippen molar-refractivity contribution in [3.05, 3.63) is 11.3 Å². The lowest BCUT2D eigenvalue weighted by Gasteiger charge is -2.24. The summed E-state index contributed by atoms with van der Waals surface area (Å²) in [6.07, 6.45) is 0. The van der Waals surface area contributed by atoms with Crippen LogP contribution >= 0.6 is 12.2 Å². The predicted octanol–water partition coefficient (Wildman–Crippen LogP) is 1.50. The summed E-state index contributed by atoms with van der Waals surface area (Å²) in [5.74, 6) is 0.907. The lowest BCUT2D eigenvalue weighted by Crippen LogP contribution is -2.35. The topological polar surface area (TPSA) is 59.1 Å². The van der Waals surface area contributed by atoms with E-state index in [0.717, 1.165) is 36.7 Å². The number of rotatable bonds is 7. The number of likely N-dealkylation sites (N-methyl/N-ethyl adjacent to an activating group) is 1. The zero-order valence-electron chi connectivity index (χ0n) is 12.5. The molecule has 0 spiro atoms. The number of nitrogens with zero attached hydrogens (tertiary/aromatic N) is 3. The average Bonchev–Trinajstić information content (AvgIpc) is 2.61. The minimum Gasteiger partial charge on any atom is -0.389 e. The van der Waals surface area contributed by atoms with Crippen LogP contribution < -0.4 is 11.1 Å². The van der Waals surface area contributed by atoms with E-state index in [-0.39, 0.29) is 0 Å². The molecular formula is C13H25N5S. The third kappa shape index (κ3) is 3.91. The first-order valence-corrected chi connectivity index (χ1v) is 7.13. The first-order valence-electron chi connectivity index (χ1n) is 6.72. The zero-order chi connectivity index (χ0) is 14.6. The summed E-state index contributed by atoms with van der Waals surface area (Å²) >= 11 is 5.11. The lowest BCUT2D eigenvalue weighted by molar-refractivity contribution is 0.294. The third-order valence-corrected chi connectivity index (χ3v) is 3.48. The Hall–Kier alpha value is -1.14. The molecule has 0 fully saturated rings. The standard InChI is InChI=1S/C13H25N5S/c1-6-18(7-2)8-9(3)15-13-11(12(14)19)10(4)16-17(13)5/h9,15H,6-8H2,1-5H3,(H2,14,19). The summed E-state index contributed by atoms with van der Waals surface area (Å²) in [5.41, 5.74) is 7.50. The molecule has 3 N–H and O–H groups in total. The molecule has 0 amide bonds. The zero-order valence-corrected chi connectivity index (χ0v) is 13.3. The van der Waals surface area contributed by atoms with Gasteiger partial charge in [-0.2, -0.15) is 5.10 Å². The van der Waals surface area contributed by atoms with E-state index in [0.29, 0.717) is 11.0 Å². The highest BCUT2D eigenvalue weighted by molar-refractivity contribution is 7.80. The first kappa shape index (κ1) is 15.9. The quantitative estimate of drug-likeness (QED) is 0.743. The van der Waals surface area contributed by atoms with E-state index < -0.39 is 0 Å². The smallest absolute Gasteiger partial charge is 0.134 e. The van der Waals surface area contributed by atoms with E-state index >= 15 is 0 Å². The second-order valence-corrected chi connectivity index (χ2v) is 5.27. The van der Waals surface area contributed by atoms with Crippen molar-refractivity contribution in [3.63, 3.8) is 0 Å². The van der Waals surface area contributed by atoms with Crippen molar-refractivity contribution in [2.45, 2.75) is 33.7 Å². The second-order valence-electron chi connectivity index (χ2n) is 4.83. The molecule has 0 aliphatic rings. The van der Waals surface area contributed by atoms with Crippen molar-refractivity contribution in [2.24, 2.45) is 12.8 Å². The van der Waals surface area contributed by atoms with Crippen molar-refractivity contribution in [1.82, 2.24) is 14.7 Å². The van der Waals surface area contributed by atoms with Gasteiger partial charge in [0, 0.05) is 19.6 Å². The Morgan fingerprint density at radius 2 is 2.05 bits per heavy atom. The van der Waals surface area contributed by atoms with Gasteiger partial charge in [0.2, 0.25) is 0 Å². The molecule has 0 saturated carbocycles. The molecule has 1 rings (SSSR count). The number of thiocarbonyl (C=S) groups is 1. The fourth-order valence-electron chi connectivity index (χ4n) is 2.27. The van der Waals surface area contributed by atoms with Gasteiger partial charge in [0.25, 0.3) is 0 Å². The molecule has 6 heteroatoms. The van der Waals surface area contributed by atoms with Crippen molar-refractivity contribution in [1.29, 1.82) is 0 Å². The molecule has 1 heterocycles. The summed E-state index contributed by atoms with van der Waals surface area (Å²) in [5, 5.41) is 7.85. The molecule has 0 aliphatic heterocycles. The van der Waals surface area contributed by atoms with Crippen LogP contribution in [0.25, 0.3) is 0 Å². The van der Waals surface area contributed by atoms with Gasteiger partial charge in [-0.1, -0.05) is 26.1 Å². The van der Waals surface area contributed by atoms with Crippen LogP contribution in [-0.2, 0) is 7.05 Å². The number of hydrogen-bond acceptors (Lipinski definition) is 4. The largest absolute Gasteiger partial charge is 0.389 e. The summed E-state index contributed by atoms with van der Waals surface area (Å²) in [4.78, 5) is 2.77. The highest BCUT2D eigenvalue weighted by Crippen LogP contribution is 2.19. The van der Waals surface area contributed by atoms with Crippen LogP contribution in [0.3, 0.4) is 0 Å². The van der Waals surface area contributed by atoms with Crippen LogP contribution in [0, 0.1) is 6.92 Å². The Morgan fingerprint density at radius 1 is 1.47 bits per heavy atom. The molecule has 1 aromatic heterocycles. The molecule has 0 bridgehead atoms. The molecule has 108 valence electrons. The van der Waals surface area contributed by atoms with Crippen LogP contribution in [0.5, 0.6) is 0 Å². The molecule has 0 saturated heterocycles. The van der Waals surface area contributed by atoms with Gasteiger partial charge in [-0.25, -0.2) is 0 Å². The van der Waals surface area contributed by atoms with Gasteiger partial charge in [0.1, 0.15) is 10.8 Å². The van der Waals surface area contributed by atoms with E-state index in [1.165, 1.54) is 0 Å². The fraction of sp³-hybridized carbons (Fsp3) is 0.692. The van der Waals surface area contributed by atoms with Crippen molar-refractivity contribution >= 4 is 23.0 Å². The van der Waals surface area contributed by atoms with Crippen molar-refractivity contribution in [3.8, 4) is 0 Å².